The molecular formula is C15H18O6S. The van der Waals surface area contributed by atoms with Crippen molar-refractivity contribution in [2.24, 2.45) is 0 Å². The fourth-order valence-corrected chi connectivity index (χ4v) is 3.73. The molecule has 6 nitrogen and oxygen atoms in total. The van der Waals surface area contributed by atoms with Crippen LogP contribution in [0.2, 0.25) is 0 Å². The SMILES string of the molecule is COC1C=C[C@@H]2OC(CS(=O)(=O)c3ccccc3)OC[C@H]2O1. The molecule has 1 saturated heterocycles. The summed E-state index contributed by atoms with van der Waals surface area (Å²) in [5.74, 6) is -0.220. The topological polar surface area (TPSA) is 71.1 Å². The van der Waals surface area contributed by atoms with Gasteiger partial charge in [-0.25, -0.2) is 8.42 Å². The molecule has 1 aromatic rings. The summed E-state index contributed by atoms with van der Waals surface area (Å²) in [4.78, 5) is 0.263. The van der Waals surface area contributed by atoms with Crippen LogP contribution in [0.4, 0.5) is 0 Å². The maximum Gasteiger partial charge on any atom is 0.183 e. The second-order valence-electron chi connectivity index (χ2n) is 5.12. The second kappa shape index (κ2) is 6.47. The Morgan fingerprint density at radius 3 is 2.68 bits per heavy atom. The van der Waals surface area contributed by atoms with E-state index in [-0.39, 0.29) is 29.5 Å². The van der Waals surface area contributed by atoms with Gasteiger partial charge in [0.15, 0.2) is 22.4 Å². The maximum absolute atomic E-state index is 12.3. The van der Waals surface area contributed by atoms with Crippen LogP contribution in [0.3, 0.4) is 0 Å². The van der Waals surface area contributed by atoms with Crippen LogP contribution in [-0.2, 0) is 28.8 Å². The number of fused-ring (bicyclic) bond motifs is 1. The van der Waals surface area contributed by atoms with Crippen molar-refractivity contribution in [2.75, 3.05) is 19.5 Å². The predicted octanol–water partition coefficient (Wildman–Crippen LogP) is 1.13. The summed E-state index contributed by atoms with van der Waals surface area (Å²) in [6.45, 7) is 0.268. The van der Waals surface area contributed by atoms with Crippen LogP contribution in [0, 0.1) is 0 Å². The molecule has 4 atom stereocenters. The quantitative estimate of drug-likeness (QED) is 0.773. The third kappa shape index (κ3) is 3.39. The summed E-state index contributed by atoms with van der Waals surface area (Å²) in [6.07, 6.45) is 1.74. The second-order valence-corrected chi connectivity index (χ2v) is 7.16. The van der Waals surface area contributed by atoms with Crippen LogP contribution >= 0.6 is 0 Å². The van der Waals surface area contributed by atoms with Crippen LogP contribution in [0.1, 0.15) is 0 Å². The minimum atomic E-state index is -3.45. The van der Waals surface area contributed by atoms with Gasteiger partial charge in [0.05, 0.1) is 11.5 Å². The van der Waals surface area contributed by atoms with E-state index in [0.717, 1.165) is 0 Å². The normalized spacial score (nSPS) is 31.7. The molecule has 2 aliphatic rings. The van der Waals surface area contributed by atoms with Gasteiger partial charge in [-0.05, 0) is 18.2 Å². The number of ether oxygens (including phenoxy) is 4. The fraction of sp³-hybridized carbons (Fsp3) is 0.467. The lowest BCUT2D eigenvalue weighted by Crippen LogP contribution is -2.49. The van der Waals surface area contributed by atoms with E-state index in [0.29, 0.717) is 0 Å². The molecule has 0 aromatic heterocycles. The van der Waals surface area contributed by atoms with E-state index in [1.165, 1.54) is 0 Å². The first kappa shape index (κ1) is 15.6. The summed E-state index contributed by atoms with van der Waals surface area (Å²) < 4.78 is 46.5. The molecule has 2 aliphatic heterocycles. The molecule has 3 rings (SSSR count). The zero-order valence-corrected chi connectivity index (χ0v) is 12.9. The van der Waals surface area contributed by atoms with Gasteiger partial charge in [-0.1, -0.05) is 24.3 Å². The summed E-state index contributed by atoms with van der Waals surface area (Å²) in [7, 11) is -1.90. The van der Waals surface area contributed by atoms with Crippen molar-refractivity contribution in [1.82, 2.24) is 0 Å². The summed E-state index contributed by atoms with van der Waals surface area (Å²) >= 11 is 0. The predicted molar refractivity (Wildman–Crippen MR) is 77.9 cm³/mol. The average Bonchev–Trinajstić information content (AvgIpc) is 2.55. The molecule has 22 heavy (non-hydrogen) atoms. The molecule has 2 heterocycles. The van der Waals surface area contributed by atoms with Gasteiger partial charge in [0.1, 0.15) is 18.0 Å². The number of hydrogen-bond donors (Lipinski definition) is 0. The summed E-state index contributed by atoms with van der Waals surface area (Å²) in [6, 6.07) is 8.28. The smallest absolute Gasteiger partial charge is 0.183 e. The highest BCUT2D eigenvalue weighted by Gasteiger charge is 2.37. The first-order valence-corrected chi connectivity index (χ1v) is 8.65. The van der Waals surface area contributed by atoms with Gasteiger partial charge in [-0.3, -0.25) is 0 Å². The van der Waals surface area contributed by atoms with E-state index in [1.807, 2.05) is 6.08 Å². The van der Waals surface area contributed by atoms with Crippen molar-refractivity contribution in [3.63, 3.8) is 0 Å². The maximum atomic E-state index is 12.3. The first-order chi connectivity index (χ1) is 10.6. The Labute approximate surface area is 129 Å². The van der Waals surface area contributed by atoms with Crippen molar-refractivity contribution < 1.29 is 27.4 Å². The molecule has 0 N–H and O–H groups in total. The zero-order valence-electron chi connectivity index (χ0n) is 12.1. The number of benzene rings is 1. The Kier molecular flexibility index (Phi) is 4.60. The molecule has 2 unspecified atom stereocenters. The van der Waals surface area contributed by atoms with Crippen LogP contribution in [0.25, 0.3) is 0 Å². The number of hydrogen-bond acceptors (Lipinski definition) is 6. The standard InChI is InChI=1S/C15H18O6S/c1-18-14-8-7-12-13(21-14)9-19-15(20-12)10-22(16,17)11-5-3-2-4-6-11/h2-8,12-15H,9-10H2,1H3/t12-,13+,14?,15?/m0/s1. The summed E-state index contributed by atoms with van der Waals surface area (Å²) in [5, 5.41) is 0. The van der Waals surface area contributed by atoms with Gasteiger partial charge < -0.3 is 18.9 Å². The molecule has 0 radical (unpaired) electrons. The van der Waals surface area contributed by atoms with Gasteiger partial charge >= 0.3 is 0 Å². The van der Waals surface area contributed by atoms with Gasteiger partial charge in [0.25, 0.3) is 0 Å². The Balaban J connectivity index is 1.66. The Bertz CT molecular complexity index is 627. The first-order valence-electron chi connectivity index (χ1n) is 7.00. The van der Waals surface area contributed by atoms with E-state index in [9.17, 15) is 8.42 Å². The lowest BCUT2D eigenvalue weighted by atomic mass is 10.1. The monoisotopic (exact) mass is 326 g/mol. The van der Waals surface area contributed by atoms with E-state index < -0.39 is 22.4 Å². The van der Waals surface area contributed by atoms with Crippen LogP contribution in [0.5, 0.6) is 0 Å². The Morgan fingerprint density at radius 1 is 1.18 bits per heavy atom. The van der Waals surface area contributed by atoms with Gasteiger partial charge in [-0.15, -0.1) is 0 Å². The molecule has 1 aromatic carbocycles. The van der Waals surface area contributed by atoms with Crippen molar-refractivity contribution in [3.05, 3.63) is 42.5 Å². The third-order valence-corrected chi connectivity index (χ3v) is 5.28. The highest BCUT2D eigenvalue weighted by Crippen LogP contribution is 2.24. The van der Waals surface area contributed by atoms with E-state index in [1.54, 1.807) is 43.5 Å². The van der Waals surface area contributed by atoms with Crippen LogP contribution in [0.15, 0.2) is 47.4 Å². The molecule has 120 valence electrons. The van der Waals surface area contributed by atoms with Crippen molar-refractivity contribution in [3.8, 4) is 0 Å². The number of sulfone groups is 1. The van der Waals surface area contributed by atoms with Crippen molar-refractivity contribution in [2.45, 2.75) is 29.7 Å². The average molecular weight is 326 g/mol. The van der Waals surface area contributed by atoms with Gasteiger partial charge in [0.2, 0.25) is 0 Å². The molecule has 1 fully saturated rings. The van der Waals surface area contributed by atoms with Crippen LogP contribution < -0.4 is 0 Å². The molecular weight excluding hydrogens is 308 g/mol. The molecule has 0 aliphatic carbocycles. The Morgan fingerprint density at radius 2 is 1.95 bits per heavy atom. The number of rotatable bonds is 4. The summed E-state index contributed by atoms with van der Waals surface area (Å²) in [5.41, 5.74) is 0. The van der Waals surface area contributed by atoms with E-state index in [4.69, 9.17) is 18.9 Å². The van der Waals surface area contributed by atoms with Crippen molar-refractivity contribution >= 4 is 9.84 Å². The lowest BCUT2D eigenvalue weighted by Gasteiger charge is -2.38. The lowest BCUT2D eigenvalue weighted by molar-refractivity contribution is -0.270. The molecule has 0 saturated carbocycles. The molecule has 0 bridgehead atoms. The fourth-order valence-electron chi connectivity index (χ4n) is 2.43. The van der Waals surface area contributed by atoms with Crippen LogP contribution in [-0.4, -0.2) is 52.7 Å². The highest BCUT2D eigenvalue weighted by atomic mass is 32.2. The molecule has 7 heteroatoms. The van der Waals surface area contributed by atoms with Gasteiger partial charge in [-0.2, -0.15) is 0 Å². The highest BCUT2D eigenvalue weighted by molar-refractivity contribution is 7.91. The van der Waals surface area contributed by atoms with E-state index in [2.05, 4.69) is 0 Å². The minimum Gasteiger partial charge on any atom is -0.352 e. The van der Waals surface area contributed by atoms with Gasteiger partial charge in [0, 0.05) is 7.11 Å². The van der Waals surface area contributed by atoms with E-state index >= 15 is 0 Å². The zero-order chi connectivity index (χ0) is 15.6. The third-order valence-electron chi connectivity index (χ3n) is 3.58. The Hall–Kier alpha value is -1.25. The minimum absolute atomic E-state index is 0.220. The largest absolute Gasteiger partial charge is 0.352 e. The number of methoxy groups -OCH3 is 1. The van der Waals surface area contributed by atoms with Crippen molar-refractivity contribution in [1.29, 1.82) is 0 Å². The molecule has 0 amide bonds. The molecule has 0 spiro atoms.